The second-order valence-corrected chi connectivity index (χ2v) is 4.27. The van der Waals surface area contributed by atoms with Crippen LogP contribution in [0.4, 0.5) is 4.39 Å². The number of piperidine rings is 1. The zero-order chi connectivity index (χ0) is 9.31. The maximum Gasteiger partial charge on any atom is 0.125 e. The van der Waals surface area contributed by atoms with Gasteiger partial charge in [-0.1, -0.05) is 0 Å². The smallest absolute Gasteiger partial charge is 0.125 e. The van der Waals surface area contributed by atoms with E-state index in [1.807, 2.05) is 4.90 Å². The van der Waals surface area contributed by atoms with Crippen LogP contribution >= 0.6 is 0 Å². The maximum absolute atomic E-state index is 12.5. The van der Waals surface area contributed by atoms with Gasteiger partial charge in [0.15, 0.2) is 0 Å². The minimum Gasteiger partial charge on any atom is -0.388 e. The van der Waals surface area contributed by atoms with E-state index in [0.717, 1.165) is 25.9 Å². The summed E-state index contributed by atoms with van der Waals surface area (Å²) >= 11 is 0. The molecule has 0 saturated carbocycles. The summed E-state index contributed by atoms with van der Waals surface area (Å²) in [6.07, 6.45) is 0.922. The lowest BCUT2D eigenvalue weighted by Gasteiger charge is -2.42. The Kier molecular flexibility index (Phi) is 2.53. The molecule has 0 unspecified atom stereocenters. The minimum absolute atomic E-state index is 0.510. The van der Waals surface area contributed by atoms with E-state index < -0.39 is 11.8 Å². The molecule has 2 N–H and O–H groups in total. The van der Waals surface area contributed by atoms with Crippen molar-refractivity contribution < 1.29 is 9.50 Å². The van der Waals surface area contributed by atoms with Crippen LogP contribution in [-0.2, 0) is 0 Å². The fourth-order valence-electron chi connectivity index (χ4n) is 2.10. The van der Waals surface area contributed by atoms with Gasteiger partial charge in [0.1, 0.15) is 6.17 Å². The van der Waals surface area contributed by atoms with E-state index in [9.17, 15) is 9.50 Å². The van der Waals surface area contributed by atoms with Gasteiger partial charge in [0.2, 0.25) is 0 Å². The van der Waals surface area contributed by atoms with Crippen LogP contribution < -0.4 is 5.32 Å². The number of β-amino-alcohol motifs (C(OH)–C–C–N with tert-alkyl or cyclic N) is 1. The van der Waals surface area contributed by atoms with E-state index in [1.165, 1.54) is 0 Å². The Bertz CT molecular complexity index is 176. The molecule has 2 rings (SSSR count). The fraction of sp³-hybridized carbons (Fsp3) is 1.00. The summed E-state index contributed by atoms with van der Waals surface area (Å²) in [6.45, 7) is 3.42. The third-order valence-corrected chi connectivity index (χ3v) is 2.96. The number of nitrogens with zero attached hydrogens (tertiary/aromatic N) is 1. The van der Waals surface area contributed by atoms with E-state index in [-0.39, 0.29) is 0 Å². The van der Waals surface area contributed by atoms with Crippen LogP contribution in [-0.4, -0.2) is 54.5 Å². The van der Waals surface area contributed by atoms with Crippen LogP contribution in [0.2, 0.25) is 0 Å². The van der Waals surface area contributed by atoms with Gasteiger partial charge < -0.3 is 10.4 Å². The Morgan fingerprint density at radius 2 is 2.00 bits per heavy atom. The zero-order valence-corrected chi connectivity index (χ0v) is 7.80. The van der Waals surface area contributed by atoms with Crippen molar-refractivity contribution in [2.24, 2.45) is 0 Å². The monoisotopic (exact) mass is 188 g/mol. The van der Waals surface area contributed by atoms with Crippen LogP contribution in [0.1, 0.15) is 12.8 Å². The Morgan fingerprint density at radius 1 is 1.38 bits per heavy atom. The first-order valence-corrected chi connectivity index (χ1v) is 4.97. The predicted molar refractivity (Wildman–Crippen MR) is 48.4 cm³/mol. The molecule has 0 bridgehead atoms. The van der Waals surface area contributed by atoms with Crippen LogP contribution in [0, 0.1) is 0 Å². The Labute approximate surface area is 77.9 Å². The molecule has 0 aromatic carbocycles. The molecule has 0 amide bonds. The normalized spacial score (nSPS) is 30.0. The van der Waals surface area contributed by atoms with Crippen molar-refractivity contribution in [1.29, 1.82) is 0 Å². The number of alkyl halides is 1. The largest absolute Gasteiger partial charge is 0.388 e. The molecule has 2 aliphatic heterocycles. The fourth-order valence-corrected chi connectivity index (χ4v) is 2.10. The second kappa shape index (κ2) is 3.52. The average Bonchev–Trinajstić information content (AvgIpc) is 2.02. The molecule has 0 spiro atoms. The predicted octanol–water partition coefficient (Wildman–Crippen LogP) is -0.245. The highest BCUT2D eigenvalue weighted by Gasteiger charge is 2.36. The van der Waals surface area contributed by atoms with Gasteiger partial charge in [-0.05, 0) is 25.9 Å². The van der Waals surface area contributed by atoms with Gasteiger partial charge in [-0.25, -0.2) is 4.39 Å². The van der Waals surface area contributed by atoms with Crippen LogP contribution in [0.5, 0.6) is 0 Å². The van der Waals surface area contributed by atoms with Crippen LogP contribution in [0.15, 0.2) is 0 Å². The Balaban J connectivity index is 1.78. The molecular formula is C9H17FN2O. The highest BCUT2D eigenvalue weighted by molar-refractivity contribution is 4.91. The Hall–Kier alpha value is -0.190. The highest BCUT2D eigenvalue weighted by atomic mass is 19.1. The number of halogens is 1. The summed E-state index contributed by atoms with van der Waals surface area (Å²) in [5.74, 6) is 0. The van der Waals surface area contributed by atoms with E-state index >= 15 is 0 Å². The lowest BCUT2D eigenvalue weighted by Crippen LogP contribution is -2.57. The molecule has 2 aliphatic rings. The molecular weight excluding hydrogens is 171 g/mol. The first-order chi connectivity index (χ1) is 6.18. The molecule has 0 atom stereocenters. The summed E-state index contributed by atoms with van der Waals surface area (Å²) in [6, 6.07) is 0. The number of likely N-dealkylation sites (tertiary alicyclic amines) is 1. The SMILES string of the molecule is OC1(CN2CC(F)C2)CCNCC1. The van der Waals surface area contributed by atoms with E-state index in [2.05, 4.69) is 5.32 Å². The van der Waals surface area contributed by atoms with Crippen molar-refractivity contribution in [1.82, 2.24) is 10.2 Å². The third kappa shape index (κ3) is 2.18. The summed E-state index contributed by atoms with van der Waals surface area (Å²) < 4.78 is 12.5. The second-order valence-electron chi connectivity index (χ2n) is 4.27. The summed E-state index contributed by atoms with van der Waals surface area (Å²) in [4.78, 5) is 2.00. The summed E-state index contributed by atoms with van der Waals surface area (Å²) in [7, 11) is 0. The lowest BCUT2D eigenvalue weighted by molar-refractivity contribution is -0.0539. The first-order valence-electron chi connectivity index (χ1n) is 4.97. The van der Waals surface area contributed by atoms with Crippen molar-refractivity contribution in [3.8, 4) is 0 Å². The van der Waals surface area contributed by atoms with Gasteiger partial charge in [0.05, 0.1) is 5.60 Å². The maximum atomic E-state index is 12.5. The topological polar surface area (TPSA) is 35.5 Å². The van der Waals surface area contributed by atoms with Gasteiger partial charge >= 0.3 is 0 Å². The number of nitrogens with one attached hydrogen (secondary N) is 1. The molecule has 4 heteroatoms. The van der Waals surface area contributed by atoms with Crippen molar-refractivity contribution in [2.45, 2.75) is 24.6 Å². The molecule has 2 heterocycles. The van der Waals surface area contributed by atoms with Crippen molar-refractivity contribution >= 4 is 0 Å². The molecule has 2 fully saturated rings. The lowest BCUT2D eigenvalue weighted by atomic mass is 9.91. The number of hydrogen-bond acceptors (Lipinski definition) is 3. The molecule has 0 aromatic rings. The van der Waals surface area contributed by atoms with Crippen molar-refractivity contribution in [3.63, 3.8) is 0 Å². The molecule has 3 nitrogen and oxygen atoms in total. The van der Waals surface area contributed by atoms with Gasteiger partial charge in [0.25, 0.3) is 0 Å². The zero-order valence-electron chi connectivity index (χ0n) is 7.80. The molecule has 76 valence electrons. The van der Waals surface area contributed by atoms with Crippen molar-refractivity contribution in [2.75, 3.05) is 32.7 Å². The first kappa shape index (κ1) is 9.37. The van der Waals surface area contributed by atoms with E-state index in [1.54, 1.807) is 0 Å². The molecule has 13 heavy (non-hydrogen) atoms. The van der Waals surface area contributed by atoms with Crippen LogP contribution in [0.3, 0.4) is 0 Å². The molecule has 0 aliphatic carbocycles. The average molecular weight is 188 g/mol. The summed E-state index contributed by atoms with van der Waals surface area (Å²) in [5, 5.41) is 13.3. The van der Waals surface area contributed by atoms with E-state index in [0.29, 0.717) is 19.6 Å². The van der Waals surface area contributed by atoms with Gasteiger partial charge in [-0.3, -0.25) is 4.90 Å². The molecule has 2 saturated heterocycles. The van der Waals surface area contributed by atoms with Crippen LogP contribution in [0.25, 0.3) is 0 Å². The standard InChI is InChI=1S/C9H17FN2O/c10-8-5-12(6-8)7-9(13)1-3-11-4-2-9/h8,11,13H,1-7H2. The number of aliphatic hydroxyl groups is 1. The number of rotatable bonds is 2. The molecule has 0 aromatic heterocycles. The van der Waals surface area contributed by atoms with Crippen molar-refractivity contribution in [3.05, 3.63) is 0 Å². The van der Waals surface area contributed by atoms with Gasteiger partial charge in [0, 0.05) is 19.6 Å². The summed E-state index contributed by atoms with van der Waals surface area (Å²) in [5.41, 5.74) is -0.564. The minimum atomic E-state index is -0.662. The van der Waals surface area contributed by atoms with E-state index in [4.69, 9.17) is 0 Å². The quantitative estimate of drug-likeness (QED) is 0.627. The third-order valence-electron chi connectivity index (χ3n) is 2.96. The van der Waals surface area contributed by atoms with Gasteiger partial charge in [-0.15, -0.1) is 0 Å². The highest BCUT2D eigenvalue weighted by Crippen LogP contribution is 2.22. The van der Waals surface area contributed by atoms with Gasteiger partial charge in [-0.2, -0.15) is 0 Å². The number of hydrogen-bond donors (Lipinski definition) is 2. The molecule has 0 radical (unpaired) electrons. The Morgan fingerprint density at radius 3 is 2.54 bits per heavy atom.